The number of para-hydroxylation sites is 1. The Labute approximate surface area is 105 Å². The van der Waals surface area contributed by atoms with Crippen LogP contribution in [0.25, 0.3) is 10.9 Å². The molecule has 0 atom stereocenters. The minimum absolute atomic E-state index is 0.000517. The quantitative estimate of drug-likeness (QED) is 0.520. The molecule has 0 radical (unpaired) electrons. The number of halogens is 2. The molecule has 2 aromatic rings. The first-order chi connectivity index (χ1) is 7.39. The van der Waals surface area contributed by atoms with E-state index < -0.39 is 0 Å². The number of nitrogens with zero attached hydrogens (tertiary/aromatic N) is 2. The topological polar surface area (TPSA) is 25.8 Å². The lowest BCUT2D eigenvalue weighted by Gasteiger charge is -2.20. The van der Waals surface area contributed by atoms with Crippen molar-refractivity contribution in [1.82, 2.24) is 9.97 Å². The van der Waals surface area contributed by atoms with Crippen LogP contribution in [0.1, 0.15) is 26.3 Å². The van der Waals surface area contributed by atoms with Gasteiger partial charge in [0.2, 0.25) is 5.28 Å². The molecule has 4 heteroatoms. The van der Waals surface area contributed by atoms with Crippen LogP contribution < -0.4 is 0 Å². The molecule has 2 nitrogen and oxygen atoms in total. The number of rotatable bonds is 0. The Morgan fingerprint density at radius 2 is 1.75 bits per heavy atom. The van der Waals surface area contributed by atoms with Crippen LogP contribution in [-0.4, -0.2) is 9.97 Å². The van der Waals surface area contributed by atoms with Crippen LogP contribution in [0.2, 0.25) is 10.4 Å². The molecule has 0 bridgehead atoms. The average Bonchev–Trinajstić information content (AvgIpc) is 2.15. The molecule has 2 rings (SSSR count). The Kier molecular flexibility index (Phi) is 2.81. The monoisotopic (exact) mass is 254 g/mol. The maximum absolute atomic E-state index is 6.05. The smallest absolute Gasteiger partial charge is 0.217 e. The molecule has 0 N–H and O–H groups in total. The van der Waals surface area contributed by atoms with Gasteiger partial charge in [-0.3, -0.25) is 0 Å². The molecule has 16 heavy (non-hydrogen) atoms. The van der Waals surface area contributed by atoms with E-state index in [2.05, 4.69) is 30.7 Å². The summed E-state index contributed by atoms with van der Waals surface area (Å²) in [6, 6.07) is 5.91. The molecule has 0 spiro atoms. The molecule has 0 aliphatic heterocycles. The summed E-state index contributed by atoms with van der Waals surface area (Å²) in [7, 11) is 0. The van der Waals surface area contributed by atoms with Crippen LogP contribution >= 0.6 is 23.2 Å². The zero-order valence-corrected chi connectivity index (χ0v) is 10.9. The number of fused-ring (bicyclic) bond motifs is 1. The number of aromatic nitrogens is 2. The van der Waals surface area contributed by atoms with Crippen molar-refractivity contribution in [2.24, 2.45) is 0 Å². The van der Waals surface area contributed by atoms with Crippen molar-refractivity contribution in [2.75, 3.05) is 0 Å². The molecule has 0 saturated heterocycles. The van der Waals surface area contributed by atoms with Gasteiger partial charge in [-0.05, 0) is 28.6 Å². The van der Waals surface area contributed by atoms with Crippen LogP contribution in [-0.2, 0) is 5.41 Å². The summed E-state index contributed by atoms with van der Waals surface area (Å²) < 4.78 is 0. The van der Waals surface area contributed by atoms with E-state index in [-0.39, 0.29) is 10.7 Å². The van der Waals surface area contributed by atoms with Crippen molar-refractivity contribution >= 4 is 34.1 Å². The fourth-order valence-electron chi connectivity index (χ4n) is 1.69. The lowest BCUT2D eigenvalue weighted by atomic mass is 9.86. The lowest BCUT2D eigenvalue weighted by Crippen LogP contribution is -2.12. The normalized spacial score (nSPS) is 12.1. The van der Waals surface area contributed by atoms with Crippen molar-refractivity contribution in [3.05, 3.63) is 34.2 Å². The second kappa shape index (κ2) is 3.86. The standard InChI is InChI=1S/C12H12Cl2N2/c1-12(2,3)8-6-4-5-7-9(8)15-11(14)16-10(7)13/h4-6H,1-3H3. The Morgan fingerprint density at radius 3 is 2.38 bits per heavy atom. The maximum atomic E-state index is 6.05. The van der Waals surface area contributed by atoms with Gasteiger partial charge in [-0.25, -0.2) is 9.97 Å². The summed E-state index contributed by atoms with van der Waals surface area (Å²) in [5.74, 6) is 0. The van der Waals surface area contributed by atoms with E-state index in [0.29, 0.717) is 5.15 Å². The van der Waals surface area contributed by atoms with Gasteiger partial charge in [-0.2, -0.15) is 0 Å². The van der Waals surface area contributed by atoms with Crippen molar-refractivity contribution in [1.29, 1.82) is 0 Å². The van der Waals surface area contributed by atoms with Crippen molar-refractivity contribution in [2.45, 2.75) is 26.2 Å². The minimum Gasteiger partial charge on any atom is -0.217 e. The number of hydrogen-bond acceptors (Lipinski definition) is 2. The van der Waals surface area contributed by atoms with Gasteiger partial charge in [0, 0.05) is 5.39 Å². The molecule has 1 aromatic carbocycles. The van der Waals surface area contributed by atoms with Gasteiger partial charge in [-0.15, -0.1) is 0 Å². The van der Waals surface area contributed by atoms with Crippen molar-refractivity contribution < 1.29 is 0 Å². The molecule has 0 aliphatic rings. The fourth-order valence-corrected chi connectivity index (χ4v) is 2.14. The van der Waals surface area contributed by atoms with Crippen molar-refractivity contribution in [3.8, 4) is 0 Å². The van der Waals surface area contributed by atoms with Gasteiger partial charge in [0.15, 0.2) is 0 Å². The second-order valence-electron chi connectivity index (χ2n) is 4.74. The first-order valence-corrected chi connectivity index (χ1v) is 5.77. The van der Waals surface area contributed by atoms with Gasteiger partial charge in [0.25, 0.3) is 0 Å². The molecular formula is C12H12Cl2N2. The van der Waals surface area contributed by atoms with Crippen LogP contribution in [0, 0.1) is 0 Å². The molecule has 84 valence electrons. The summed E-state index contributed by atoms with van der Waals surface area (Å²) >= 11 is 11.9. The van der Waals surface area contributed by atoms with Gasteiger partial charge in [0.1, 0.15) is 5.15 Å². The molecule has 0 amide bonds. The fraction of sp³-hybridized carbons (Fsp3) is 0.333. The first kappa shape index (κ1) is 11.6. The number of benzene rings is 1. The first-order valence-electron chi connectivity index (χ1n) is 5.02. The highest BCUT2D eigenvalue weighted by molar-refractivity contribution is 6.35. The Balaban J connectivity index is 2.87. The maximum Gasteiger partial charge on any atom is 0.224 e. The molecular weight excluding hydrogens is 243 g/mol. The van der Waals surface area contributed by atoms with Crippen LogP contribution in [0.5, 0.6) is 0 Å². The largest absolute Gasteiger partial charge is 0.224 e. The summed E-state index contributed by atoms with van der Waals surface area (Å²) in [4.78, 5) is 8.22. The van der Waals surface area contributed by atoms with Gasteiger partial charge < -0.3 is 0 Å². The van der Waals surface area contributed by atoms with Crippen LogP contribution in [0.3, 0.4) is 0 Å². The van der Waals surface area contributed by atoms with Gasteiger partial charge in [-0.1, -0.05) is 44.5 Å². The zero-order valence-electron chi connectivity index (χ0n) is 9.38. The lowest BCUT2D eigenvalue weighted by molar-refractivity contribution is 0.594. The molecule has 1 aromatic heterocycles. The van der Waals surface area contributed by atoms with E-state index in [1.807, 2.05) is 18.2 Å². The molecule has 1 heterocycles. The third-order valence-electron chi connectivity index (χ3n) is 2.46. The van der Waals surface area contributed by atoms with Gasteiger partial charge >= 0.3 is 0 Å². The van der Waals surface area contributed by atoms with Crippen molar-refractivity contribution in [3.63, 3.8) is 0 Å². The average molecular weight is 255 g/mol. The number of hydrogen-bond donors (Lipinski definition) is 0. The Hall–Kier alpha value is -0.860. The summed E-state index contributed by atoms with van der Waals surface area (Å²) in [5, 5.41) is 1.44. The molecule has 0 fully saturated rings. The Morgan fingerprint density at radius 1 is 1.06 bits per heavy atom. The predicted molar refractivity (Wildman–Crippen MR) is 68.3 cm³/mol. The van der Waals surface area contributed by atoms with E-state index in [1.165, 1.54) is 0 Å². The second-order valence-corrected chi connectivity index (χ2v) is 5.43. The van der Waals surface area contributed by atoms with E-state index in [9.17, 15) is 0 Å². The Bertz CT molecular complexity index is 544. The zero-order chi connectivity index (χ0) is 11.9. The predicted octanol–water partition coefficient (Wildman–Crippen LogP) is 4.23. The molecule has 0 unspecified atom stereocenters. The van der Waals surface area contributed by atoms with Crippen LogP contribution in [0.4, 0.5) is 0 Å². The van der Waals surface area contributed by atoms with E-state index in [1.54, 1.807) is 0 Å². The summed E-state index contributed by atoms with van der Waals surface area (Å²) in [6.45, 7) is 6.39. The van der Waals surface area contributed by atoms with E-state index >= 15 is 0 Å². The third-order valence-corrected chi connectivity index (χ3v) is 2.92. The van der Waals surface area contributed by atoms with Crippen LogP contribution in [0.15, 0.2) is 18.2 Å². The SMILES string of the molecule is CC(C)(C)c1cccc2c(Cl)nc(Cl)nc12. The summed E-state index contributed by atoms with van der Waals surface area (Å²) in [5.41, 5.74) is 1.96. The minimum atomic E-state index is 0.000517. The summed E-state index contributed by atoms with van der Waals surface area (Å²) in [6.07, 6.45) is 0. The van der Waals surface area contributed by atoms with E-state index in [4.69, 9.17) is 23.2 Å². The third kappa shape index (κ3) is 2.00. The highest BCUT2D eigenvalue weighted by Crippen LogP contribution is 2.31. The molecule has 0 saturated carbocycles. The highest BCUT2D eigenvalue weighted by atomic mass is 35.5. The highest BCUT2D eigenvalue weighted by Gasteiger charge is 2.19. The van der Waals surface area contributed by atoms with E-state index in [0.717, 1.165) is 16.5 Å². The van der Waals surface area contributed by atoms with Gasteiger partial charge in [0.05, 0.1) is 5.52 Å². The molecule has 0 aliphatic carbocycles.